The van der Waals surface area contributed by atoms with E-state index in [2.05, 4.69) is 15.6 Å². The van der Waals surface area contributed by atoms with E-state index in [0.717, 1.165) is 44.6 Å². The van der Waals surface area contributed by atoms with Gasteiger partial charge < -0.3 is 21.1 Å². The minimum atomic E-state index is -0.936. The van der Waals surface area contributed by atoms with E-state index >= 15 is 0 Å². The number of nitrogens with two attached hydrogens (primary N) is 1. The molecule has 0 unspecified atom stereocenters. The van der Waals surface area contributed by atoms with E-state index in [4.69, 9.17) is 10.5 Å². The van der Waals surface area contributed by atoms with E-state index in [1.54, 1.807) is 0 Å². The van der Waals surface area contributed by atoms with Crippen LogP contribution in [0.15, 0.2) is 23.2 Å². The molecule has 0 saturated carbocycles. The number of guanidine groups is 1. The fourth-order valence-corrected chi connectivity index (χ4v) is 2.86. The van der Waals surface area contributed by atoms with Crippen molar-refractivity contribution < 1.29 is 18.3 Å². The lowest BCUT2D eigenvalue weighted by atomic mass is 10.1. The third-order valence-electron chi connectivity index (χ3n) is 4.17. The van der Waals surface area contributed by atoms with E-state index < -0.39 is 11.6 Å². The number of amides is 1. The first-order valence-corrected chi connectivity index (χ1v) is 9.11. The van der Waals surface area contributed by atoms with Gasteiger partial charge in [-0.3, -0.25) is 9.69 Å². The van der Waals surface area contributed by atoms with Gasteiger partial charge in [0.25, 0.3) is 0 Å². The number of nitrogens with one attached hydrogen (secondary N) is 2. The number of rotatable bonds is 8. The maximum Gasteiger partial charge on any atom is 0.231 e. The van der Waals surface area contributed by atoms with Crippen molar-refractivity contribution in [1.82, 2.24) is 15.5 Å². The first kappa shape index (κ1) is 24.3. The lowest BCUT2D eigenvalue weighted by Gasteiger charge is -2.32. The van der Waals surface area contributed by atoms with Gasteiger partial charge >= 0.3 is 0 Å². The summed E-state index contributed by atoms with van der Waals surface area (Å²) >= 11 is 0. The Labute approximate surface area is 181 Å². The Morgan fingerprint density at radius 3 is 2.64 bits per heavy atom. The zero-order valence-corrected chi connectivity index (χ0v) is 18.2. The van der Waals surface area contributed by atoms with Gasteiger partial charge in [-0.05, 0) is 31.9 Å². The van der Waals surface area contributed by atoms with Crippen molar-refractivity contribution in [1.29, 1.82) is 0 Å². The van der Waals surface area contributed by atoms with E-state index in [-0.39, 0.29) is 48.3 Å². The topological polar surface area (TPSA) is 92.0 Å². The monoisotopic (exact) mass is 511 g/mol. The summed E-state index contributed by atoms with van der Waals surface area (Å²) in [4.78, 5) is 17.5. The highest BCUT2D eigenvalue weighted by Gasteiger charge is 2.20. The molecule has 1 aliphatic rings. The molecule has 158 valence electrons. The van der Waals surface area contributed by atoms with Crippen LogP contribution in [-0.2, 0) is 4.79 Å². The molecule has 1 fully saturated rings. The van der Waals surface area contributed by atoms with Crippen molar-refractivity contribution in [2.24, 2.45) is 10.7 Å². The van der Waals surface area contributed by atoms with Crippen molar-refractivity contribution in [3.05, 3.63) is 29.8 Å². The molecule has 1 aromatic carbocycles. The van der Waals surface area contributed by atoms with Crippen molar-refractivity contribution in [2.75, 3.05) is 39.3 Å². The number of ether oxygens (including phenoxy) is 1. The molecule has 7 nitrogen and oxygen atoms in total. The zero-order chi connectivity index (χ0) is 19.6. The molecule has 28 heavy (non-hydrogen) atoms. The largest absolute Gasteiger partial charge is 0.492 e. The Kier molecular flexibility index (Phi) is 11.0. The SMILES string of the molecule is CCNC(=NCCOc1ccc(F)c(F)c1)NC1CCN(CC(N)=O)CC1.I. The van der Waals surface area contributed by atoms with Crippen LogP contribution in [0.3, 0.4) is 0 Å². The number of aliphatic imine (C=N–C) groups is 1. The quantitative estimate of drug-likeness (QED) is 0.213. The number of likely N-dealkylation sites (tertiary alicyclic amines) is 1. The summed E-state index contributed by atoms with van der Waals surface area (Å²) in [5, 5.41) is 6.55. The summed E-state index contributed by atoms with van der Waals surface area (Å²) in [6, 6.07) is 3.69. The number of hydrogen-bond acceptors (Lipinski definition) is 4. The Morgan fingerprint density at radius 1 is 1.32 bits per heavy atom. The molecule has 1 heterocycles. The number of benzene rings is 1. The van der Waals surface area contributed by atoms with Gasteiger partial charge in [0, 0.05) is 31.7 Å². The van der Waals surface area contributed by atoms with E-state index in [0.29, 0.717) is 19.0 Å². The molecule has 0 bridgehead atoms. The highest BCUT2D eigenvalue weighted by atomic mass is 127. The van der Waals surface area contributed by atoms with Crippen LogP contribution >= 0.6 is 24.0 Å². The normalized spacial score (nSPS) is 15.6. The van der Waals surface area contributed by atoms with Gasteiger partial charge in [-0.15, -0.1) is 24.0 Å². The average Bonchev–Trinajstić information content (AvgIpc) is 2.63. The number of carbonyl (C=O) groups is 1. The number of halogens is 3. The maximum absolute atomic E-state index is 13.1. The minimum Gasteiger partial charge on any atom is -0.492 e. The molecule has 1 amide bonds. The zero-order valence-electron chi connectivity index (χ0n) is 15.9. The van der Waals surface area contributed by atoms with E-state index in [9.17, 15) is 13.6 Å². The highest BCUT2D eigenvalue weighted by Crippen LogP contribution is 2.15. The maximum atomic E-state index is 13.1. The first-order valence-electron chi connectivity index (χ1n) is 9.11. The number of carbonyl (C=O) groups excluding carboxylic acids is 1. The standard InChI is InChI=1S/C18H27F2N5O2.HI/c1-2-22-18(24-13-5-8-25(9-6-13)12-17(21)26)23-7-10-27-14-3-4-15(19)16(20)11-14;/h3-4,11,13H,2,5-10,12H2,1H3,(H2,21,26)(H2,22,23,24);1H. The second-order valence-corrected chi connectivity index (χ2v) is 6.35. The summed E-state index contributed by atoms with van der Waals surface area (Å²) in [5.41, 5.74) is 5.23. The molecule has 0 radical (unpaired) electrons. The minimum absolute atomic E-state index is 0. The van der Waals surface area contributed by atoms with Gasteiger partial charge in [0.15, 0.2) is 17.6 Å². The van der Waals surface area contributed by atoms with Gasteiger partial charge in [-0.1, -0.05) is 0 Å². The fraction of sp³-hybridized carbons (Fsp3) is 0.556. The molecular formula is C18H28F2IN5O2. The van der Waals surface area contributed by atoms with Crippen molar-refractivity contribution >= 4 is 35.8 Å². The third-order valence-corrected chi connectivity index (χ3v) is 4.17. The highest BCUT2D eigenvalue weighted by molar-refractivity contribution is 14.0. The molecule has 0 aliphatic carbocycles. The molecule has 0 atom stereocenters. The Morgan fingerprint density at radius 2 is 2.04 bits per heavy atom. The molecule has 0 aromatic heterocycles. The van der Waals surface area contributed by atoms with E-state index in [1.165, 1.54) is 6.07 Å². The van der Waals surface area contributed by atoms with E-state index in [1.807, 2.05) is 11.8 Å². The number of piperidine rings is 1. The van der Waals surface area contributed by atoms with Gasteiger partial charge in [0.05, 0.1) is 13.1 Å². The Balaban J connectivity index is 0.00000392. The smallest absolute Gasteiger partial charge is 0.231 e. The third kappa shape index (κ3) is 8.55. The Bertz CT molecular complexity index is 655. The summed E-state index contributed by atoms with van der Waals surface area (Å²) in [5.74, 6) is -1.20. The molecule has 1 saturated heterocycles. The predicted molar refractivity (Wildman–Crippen MR) is 115 cm³/mol. The van der Waals surface area contributed by atoms with Gasteiger partial charge in [0.1, 0.15) is 12.4 Å². The second kappa shape index (κ2) is 12.7. The van der Waals surface area contributed by atoms with Gasteiger partial charge in [-0.25, -0.2) is 13.8 Å². The average molecular weight is 511 g/mol. The molecule has 1 aromatic rings. The number of nitrogens with zero attached hydrogens (tertiary/aromatic N) is 2. The van der Waals surface area contributed by atoms with Crippen molar-refractivity contribution in [3.8, 4) is 5.75 Å². The summed E-state index contributed by atoms with van der Waals surface area (Å²) < 4.78 is 31.4. The summed E-state index contributed by atoms with van der Waals surface area (Å²) in [7, 11) is 0. The van der Waals surface area contributed by atoms with Crippen LogP contribution < -0.4 is 21.1 Å². The second-order valence-electron chi connectivity index (χ2n) is 6.35. The molecular weight excluding hydrogens is 483 g/mol. The number of hydrogen-bond donors (Lipinski definition) is 3. The van der Waals surface area contributed by atoms with Crippen LogP contribution in [0.4, 0.5) is 8.78 Å². The van der Waals surface area contributed by atoms with Gasteiger partial charge in [-0.2, -0.15) is 0 Å². The lowest BCUT2D eigenvalue weighted by molar-refractivity contribution is -0.119. The number of primary amides is 1. The molecule has 1 aliphatic heterocycles. The molecule has 2 rings (SSSR count). The van der Waals surface area contributed by atoms with Crippen LogP contribution in [0.1, 0.15) is 19.8 Å². The van der Waals surface area contributed by atoms with Crippen molar-refractivity contribution in [3.63, 3.8) is 0 Å². The lowest BCUT2D eigenvalue weighted by Crippen LogP contribution is -2.49. The van der Waals surface area contributed by atoms with Crippen LogP contribution in [0, 0.1) is 11.6 Å². The summed E-state index contributed by atoms with van der Waals surface area (Å²) in [6.45, 7) is 5.22. The summed E-state index contributed by atoms with van der Waals surface area (Å²) in [6.07, 6.45) is 1.78. The fourth-order valence-electron chi connectivity index (χ4n) is 2.86. The predicted octanol–water partition coefficient (Wildman–Crippen LogP) is 1.47. The van der Waals surface area contributed by atoms with Crippen LogP contribution in [0.25, 0.3) is 0 Å². The first-order chi connectivity index (χ1) is 13.0. The molecule has 10 heteroatoms. The van der Waals surface area contributed by atoms with Crippen LogP contribution in [-0.4, -0.2) is 62.1 Å². The Hall–Kier alpha value is -1.69. The molecule has 4 N–H and O–H groups in total. The van der Waals surface area contributed by atoms with Crippen molar-refractivity contribution in [2.45, 2.75) is 25.8 Å². The van der Waals surface area contributed by atoms with Crippen LogP contribution in [0.2, 0.25) is 0 Å². The van der Waals surface area contributed by atoms with Gasteiger partial charge in [0.2, 0.25) is 5.91 Å². The van der Waals surface area contributed by atoms with Crippen LogP contribution in [0.5, 0.6) is 5.75 Å². The molecule has 0 spiro atoms.